The van der Waals surface area contributed by atoms with Gasteiger partial charge < -0.3 is 15.2 Å². The SMILES string of the molecule is CC(CCN)C(=O)OC1COC1. The molecule has 2 N–H and O–H groups in total. The second kappa shape index (κ2) is 4.42. The number of nitrogens with two attached hydrogens (primary N) is 1. The Morgan fingerprint density at radius 1 is 1.75 bits per heavy atom. The summed E-state index contributed by atoms with van der Waals surface area (Å²) in [6.45, 7) is 3.44. The quantitative estimate of drug-likeness (QED) is 0.604. The van der Waals surface area contributed by atoms with Crippen LogP contribution >= 0.6 is 0 Å². The van der Waals surface area contributed by atoms with E-state index in [-0.39, 0.29) is 18.0 Å². The molecule has 12 heavy (non-hydrogen) atoms. The van der Waals surface area contributed by atoms with E-state index in [2.05, 4.69) is 0 Å². The molecular formula is C8H15NO3. The molecule has 1 aliphatic heterocycles. The van der Waals surface area contributed by atoms with E-state index in [1.807, 2.05) is 6.92 Å². The Morgan fingerprint density at radius 2 is 2.42 bits per heavy atom. The van der Waals surface area contributed by atoms with Crippen molar-refractivity contribution in [3.05, 3.63) is 0 Å². The summed E-state index contributed by atoms with van der Waals surface area (Å²) in [5.41, 5.74) is 5.31. The first-order valence-corrected chi connectivity index (χ1v) is 4.22. The summed E-state index contributed by atoms with van der Waals surface area (Å²) in [6.07, 6.45) is 0.671. The smallest absolute Gasteiger partial charge is 0.309 e. The molecule has 1 fully saturated rings. The number of carbonyl (C=O) groups excluding carboxylic acids is 1. The van der Waals surface area contributed by atoms with Gasteiger partial charge in [0.1, 0.15) is 6.10 Å². The summed E-state index contributed by atoms with van der Waals surface area (Å²) < 4.78 is 9.95. The van der Waals surface area contributed by atoms with E-state index in [9.17, 15) is 4.79 Å². The van der Waals surface area contributed by atoms with Crippen LogP contribution < -0.4 is 5.73 Å². The molecule has 0 aromatic heterocycles. The molecule has 1 rings (SSSR count). The van der Waals surface area contributed by atoms with Gasteiger partial charge in [-0.15, -0.1) is 0 Å². The van der Waals surface area contributed by atoms with Crippen LogP contribution in [0.1, 0.15) is 13.3 Å². The molecule has 0 aliphatic carbocycles. The monoisotopic (exact) mass is 173 g/mol. The second-order valence-corrected chi connectivity index (χ2v) is 3.07. The van der Waals surface area contributed by atoms with Crippen LogP contribution in [0.2, 0.25) is 0 Å². The summed E-state index contributed by atoms with van der Waals surface area (Å²) in [6, 6.07) is 0. The van der Waals surface area contributed by atoms with Gasteiger partial charge >= 0.3 is 5.97 Å². The molecule has 0 bridgehead atoms. The zero-order valence-electron chi connectivity index (χ0n) is 7.29. The molecule has 0 spiro atoms. The molecule has 4 nitrogen and oxygen atoms in total. The van der Waals surface area contributed by atoms with Crippen molar-refractivity contribution in [1.29, 1.82) is 0 Å². The Bertz CT molecular complexity index is 156. The van der Waals surface area contributed by atoms with Crippen molar-refractivity contribution < 1.29 is 14.3 Å². The van der Waals surface area contributed by atoms with Crippen LogP contribution in [0.25, 0.3) is 0 Å². The number of rotatable bonds is 4. The van der Waals surface area contributed by atoms with Gasteiger partial charge in [0.2, 0.25) is 0 Å². The number of esters is 1. The molecule has 0 aromatic carbocycles. The van der Waals surface area contributed by atoms with Crippen LogP contribution in [0.4, 0.5) is 0 Å². The fourth-order valence-electron chi connectivity index (χ4n) is 0.930. The Labute approximate surface area is 72.0 Å². The predicted molar refractivity (Wildman–Crippen MR) is 43.5 cm³/mol. The molecule has 1 atom stereocenters. The maximum absolute atomic E-state index is 11.2. The molecule has 4 heteroatoms. The second-order valence-electron chi connectivity index (χ2n) is 3.07. The van der Waals surface area contributed by atoms with Gasteiger partial charge in [-0.2, -0.15) is 0 Å². The van der Waals surface area contributed by atoms with Crippen LogP contribution in [-0.2, 0) is 14.3 Å². The lowest BCUT2D eigenvalue weighted by molar-refractivity contribution is -0.176. The standard InChI is InChI=1S/C8H15NO3/c1-6(2-3-9)8(10)12-7-4-11-5-7/h6-7H,2-5,9H2,1H3. The van der Waals surface area contributed by atoms with Gasteiger partial charge in [0.15, 0.2) is 0 Å². The maximum atomic E-state index is 11.2. The minimum atomic E-state index is -0.159. The van der Waals surface area contributed by atoms with Gasteiger partial charge in [-0.05, 0) is 13.0 Å². The van der Waals surface area contributed by atoms with Crippen LogP contribution in [-0.4, -0.2) is 31.8 Å². The van der Waals surface area contributed by atoms with E-state index in [1.165, 1.54) is 0 Å². The maximum Gasteiger partial charge on any atom is 0.309 e. The van der Waals surface area contributed by atoms with Crippen molar-refractivity contribution in [2.75, 3.05) is 19.8 Å². The molecule has 70 valence electrons. The summed E-state index contributed by atoms with van der Waals surface area (Å²) in [4.78, 5) is 11.2. The lowest BCUT2D eigenvalue weighted by Gasteiger charge is -2.26. The van der Waals surface area contributed by atoms with Crippen molar-refractivity contribution in [2.24, 2.45) is 11.7 Å². The average Bonchev–Trinajstić information content (AvgIpc) is 1.97. The van der Waals surface area contributed by atoms with Gasteiger partial charge in [-0.25, -0.2) is 0 Å². The summed E-state index contributed by atoms with van der Waals surface area (Å²) in [5, 5.41) is 0. The third kappa shape index (κ3) is 2.46. The Hall–Kier alpha value is -0.610. The molecule has 1 saturated heterocycles. The van der Waals surface area contributed by atoms with E-state index < -0.39 is 0 Å². The zero-order valence-corrected chi connectivity index (χ0v) is 7.29. The summed E-state index contributed by atoms with van der Waals surface area (Å²) in [7, 11) is 0. The van der Waals surface area contributed by atoms with Crippen molar-refractivity contribution in [2.45, 2.75) is 19.4 Å². The van der Waals surface area contributed by atoms with Gasteiger partial charge in [0.05, 0.1) is 19.1 Å². The normalized spacial score (nSPS) is 19.8. The fraction of sp³-hybridized carbons (Fsp3) is 0.875. The zero-order chi connectivity index (χ0) is 8.97. The van der Waals surface area contributed by atoms with Gasteiger partial charge in [-0.3, -0.25) is 4.79 Å². The predicted octanol–water partition coefficient (Wildman–Crippen LogP) is -0.0867. The summed E-state index contributed by atoms with van der Waals surface area (Å²) >= 11 is 0. The fourth-order valence-corrected chi connectivity index (χ4v) is 0.930. The number of carbonyl (C=O) groups is 1. The molecule has 0 radical (unpaired) electrons. The molecular weight excluding hydrogens is 158 g/mol. The van der Waals surface area contributed by atoms with E-state index in [1.54, 1.807) is 0 Å². The third-order valence-electron chi connectivity index (χ3n) is 1.89. The number of hydrogen-bond donors (Lipinski definition) is 1. The molecule has 1 unspecified atom stereocenters. The Morgan fingerprint density at radius 3 is 2.83 bits per heavy atom. The molecule has 0 amide bonds. The lowest BCUT2D eigenvalue weighted by Crippen LogP contribution is -2.39. The lowest BCUT2D eigenvalue weighted by atomic mass is 10.1. The Balaban J connectivity index is 2.16. The largest absolute Gasteiger partial charge is 0.457 e. The first kappa shape index (κ1) is 9.48. The molecule has 0 saturated carbocycles. The van der Waals surface area contributed by atoms with E-state index in [0.717, 1.165) is 0 Å². The van der Waals surface area contributed by atoms with Crippen LogP contribution in [0.5, 0.6) is 0 Å². The highest BCUT2D eigenvalue weighted by Crippen LogP contribution is 2.10. The van der Waals surface area contributed by atoms with Crippen molar-refractivity contribution in [3.63, 3.8) is 0 Å². The molecule has 1 aliphatic rings. The Kier molecular flexibility index (Phi) is 3.49. The third-order valence-corrected chi connectivity index (χ3v) is 1.89. The molecule has 1 heterocycles. The van der Waals surface area contributed by atoms with E-state index in [0.29, 0.717) is 26.2 Å². The first-order valence-electron chi connectivity index (χ1n) is 4.22. The van der Waals surface area contributed by atoms with Gasteiger partial charge in [0, 0.05) is 0 Å². The first-order chi connectivity index (χ1) is 5.74. The van der Waals surface area contributed by atoms with Crippen molar-refractivity contribution in [1.82, 2.24) is 0 Å². The highest BCUT2D eigenvalue weighted by atomic mass is 16.6. The van der Waals surface area contributed by atoms with E-state index in [4.69, 9.17) is 15.2 Å². The number of ether oxygens (including phenoxy) is 2. The van der Waals surface area contributed by atoms with Crippen LogP contribution in [0.3, 0.4) is 0 Å². The van der Waals surface area contributed by atoms with Crippen molar-refractivity contribution >= 4 is 5.97 Å². The van der Waals surface area contributed by atoms with Gasteiger partial charge in [-0.1, -0.05) is 6.92 Å². The topological polar surface area (TPSA) is 61.6 Å². The minimum absolute atomic E-state index is 0.0160. The highest BCUT2D eigenvalue weighted by molar-refractivity contribution is 5.72. The highest BCUT2D eigenvalue weighted by Gasteiger charge is 2.24. The van der Waals surface area contributed by atoms with Crippen molar-refractivity contribution in [3.8, 4) is 0 Å². The van der Waals surface area contributed by atoms with Crippen LogP contribution in [0, 0.1) is 5.92 Å². The molecule has 0 aromatic rings. The van der Waals surface area contributed by atoms with Crippen LogP contribution in [0.15, 0.2) is 0 Å². The average molecular weight is 173 g/mol. The minimum Gasteiger partial charge on any atom is -0.457 e. The summed E-state index contributed by atoms with van der Waals surface area (Å²) in [5.74, 6) is -0.246. The number of hydrogen-bond acceptors (Lipinski definition) is 4. The van der Waals surface area contributed by atoms with Gasteiger partial charge in [0.25, 0.3) is 0 Å². The van der Waals surface area contributed by atoms with E-state index >= 15 is 0 Å².